The maximum atomic E-state index is 12.9. The fourth-order valence-corrected chi connectivity index (χ4v) is 8.00. The lowest BCUT2D eigenvalue weighted by atomic mass is 9.72. The van der Waals surface area contributed by atoms with Crippen molar-refractivity contribution in [2.24, 2.45) is 17.8 Å². The highest BCUT2D eigenvalue weighted by Crippen LogP contribution is 2.39. The van der Waals surface area contributed by atoms with Gasteiger partial charge in [0, 0.05) is 23.5 Å². The summed E-state index contributed by atoms with van der Waals surface area (Å²) in [7, 11) is 0. The zero-order valence-corrected chi connectivity index (χ0v) is 28.1. The summed E-state index contributed by atoms with van der Waals surface area (Å²) in [5, 5.41) is 2.95. The molecule has 0 unspecified atom stereocenters. The van der Waals surface area contributed by atoms with Gasteiger partial charge >= 0.3 is 0 Å². The van der Waals surface area contributed by atoms with Crippen LogP contribution in [0.3, 0.4) is 0 Å². The van der Waals surface area contributed by atoms with Crippen LogP contribution in [0.5, 0.6) is 0 Å². The van der Waals surface area contributed by atoms with E-state index in [9.17, 15) is 9.59 Å². The summed E-state index contributed by atoms with van der Waals surface area (Å²) in [6.45, 7) is 12.4. The molecule has 44 heavy (non-hydrogen) atoms. The first kappa shape index (κ1) is 32.3. The molecule has 2 aliphatic rings. The largest absolute Gasteiger partial charge is 0.369 e. The van der Waals surface area contributed by atoms with Gasteiger partial charge in [0.15, 0.2) is 11.6 Å². The molecular weight excluding hydrogens is 565 g/mol. The molecule has 1 aromatic carbocycles. The fourth-order valence-electron chi connectivity index (χ4n) is 7.03. The molecule has 2 fully saturated rings. The van der Waals surface area contributed by atoms with Gasteiger partial charge in [-0.3, -0.25) is 9.59 Å². The Morgan fingerprint density at radius 2 is 1.57 bits per heavy atom. The average molecular weight is 615 g/mol. The van der Waals surface area contributed by atoms with Crippen molar-refractivity contribution in [1.82, 2.24) is 15.3 Å². The summed E-state index contributed by atoms with van der Waals surface area (Å²) in [6, 6.07) is 11.3. The zero-order chi connectivity index (χ0) is 31.3. The number of carbonyl (C=O) groups is 2. The Labute approximate surface area is 268 Å². The van der Waals surface area contributed by atoms with Crippen LogP contribution in [0.1, 0.15) is 106 Å². The van der Waals surface area contributed by atoms with Crippen molar-refractivity contribution in [2.45, 2.75) is 104 Å². The molecule has 236 valence electrons. The maximum Gasteiger partial charge on any atom is 0.261 e. The van der Waals surface area contributed by atoms with Crippen LogP contribution >= 0.6 is 11.3 Å². The van der Waals surface area contributed by atoms with E-state index in [1.165, 1.54) is 69.6 Å². The Bertz CT molecular complexity index is 1380. The normalized spacial score (nSPS) is 20.3. The summed E-state index contributed by atoms with van der Waals surface area (Å²) in [4.78, 5) is 39.0. The Kier molecular flexibility index (Phi) is 10.6. The van der Waals surface area contributed by atoms with E-state index in [0.29, 0.717) is 17.1 Å². The Morgan fingerprint density at radius 3 is 2.14 bits per heavy atom. The highest BCUT2D eigenvalue weighted by atomic mass is 32.1. The van der Waals surface area contributed by atoms with Gasteiger partial charge in [0.1, 0.15) is 0 Å². The Morgan fingerprint density at radius 1 is 0.932 bits per heavy atom. The number of ketones is 1. The number of Topliss-reactive ketones (excluding diaryl/α,β-unsaturated/α-hetero) is 1. The number of aromatic nitrogens is 2. The molecule has 5 rings (SSSR count). The first-order valence-electron chi connectivity index (χ1n) is 16.7. The van der Waals surface area contributed by atoms with Crippen molar-refractivity contribution < 1.29 is 9.59 Å². The van der Waals surface area contributed by atoms with Crippen LogP contribution in [0.4, 0.5) is 5.69 Å². The molecule has 1 saturated heterocycles. The molecule has 3 aromatic rings. The molecule has 3 heterocycles. The lowest BCUT2D eigenvalue weighted by Crippen LogP contribution is -2.41. The molecule has 0 bridgehead atoms. The van der Waals surface area contributed by atoms with Crippen LogP contribution in [0, 0.1) is 17.8 Å². The third-order valence-electron chi connectivity index (χ3n) is 9.81. The van der Waals surface area contributed by atoms with E-state index < -0.39 is 6.04 Å². The number of hydrogen-bond acceptors (Lipinski definition) is 6. The van der Waals surface area contributed by atoms with Gasteiger partial charge in [-0.05, 0) is 79.9 Å². The lowest BCUT2D eigenvalue weighted by molar-refractivity contribution is -0.118. The summed E-state index contributed by atoms with van der Waals surface area (Å²) in [5.74, 6) is 3.22. The minimum absolute atomic E-state index is 0.0151. The monoisotopic (exact) mass is 614 g/mol. The van der Waals surface area contributed by atoms with Crippen molar-refractivity contribution in [3.8, 4) is 11.4 Å². The van der Waals surface area contributed by atoms with Gasteiger partial charge in [-0.1, -0.05) is 77.6 Å². The molecule has 1 saturated carbocycles. The highest BCUT2D eigenvalue weighted by Gasteiger charge is 2.30. The number of amides is 1. The molecule has 1 N–H and O–H groups in total. The van der Waals surface area contributed by atoms with Crippen LogP contribution in [-0.4, -0.2) is 40.8 Å². The van der Waals surface area contributed by atoms with E-state index in [4.69, 9.17) is 9.97 Å². The van der Waals surface area contributed by atoms with Gasteiger partial charge in [0.2, 0.25) is 0 Å². The lowest BCUT2D eigenvalue weighted by Gasteiger charge is -2.39. The van der Waals surface area contributed by atoms with Gasteiger partial charge in [-0.15, -0.1) is 11.3 Å². The topological polar surface area (TPSA) is 75.2 Å². The molecule has 7 heteroatoms. The summed E-state index contributed by atoms with van der Waals surface area (Å²) in [5.41, 5.74) is 3.01. The number of nitrogens with zero attached hydrogens (tertiary/aromatic N) is 3. The van der Waals surface area contributed by atoms with Crippen LogP contribution in [0.15, 0.2) is 48.8 Å². The van der Waals surface area contributed by atoms with Crippen molar-refractivity contribution in [2.75, 3.05) is 18.0 Å². The molecule has 6 nitrogen and oxygen atoms in total. The van der Waals surface area contributed by atoms with Gasteiger partial charge in [-0.2, -0.15) is 0 Å². The molecule has 1 aliphatic heterocycles. The summed E-state index contributed by atoms with van der Waals surface area (Å²) >= 11 is 1.48. The van der Waals surface area contributed by atoms with Gasteiger partial charge in [-0.25, -0.2) is 9.97 Å². The van der Waals surface area contributed by atoms with Crippen molar-refractivity contribution in [1.29, 1.82) is 0 Å². The number of hydrogen-bond donors (Lipinski definition) is 1. The highest BCUT2D eigenvalue weighted by molar-refractivity contribution is 7.14. The third kappa shape index (κ3) is 8.15. The smallest absolute Gasteiger partial charge is 0.261 e. The predicted molar refractivity (Wildman–Crippen MR) is 181 cm³/mol. The standard InChI is InChI=1S/C37H50N4O2S/c1-6-7-26-8-12-28(13-9-26)29-18-20-41(21-19-29)31-23-38-35(39-24-31)30-14-10-27(11-15-30)22-32(25(2)42)40-36(43)33-16-17-34(44-33)37(3,4)5/h10-11,14-17,23-24,26,28-29,32H,6-9,12-13,18-22H2,1-5H3,(H,40,43)/t26?,28?,32-/m0/s1. The summed E-state index contributed by atoms with van der Waals surface area (Å²) < 4.78 is 0. The molecule has 1 aliphatic carbocycles. The van der Waals surface area contributed by atoms with E-state index >= 15 is 0 Å². The van der Waals surface area contributed by atoms with Crippen molar-refractivity contribution in [3.05, 3.63) is 64.1 Å². The van der Waals surface area contributed by atoms with Crippen molar-refractivity contribution in [3.63, 3.8) is 0 Å². The molecule has 0 radical (unpaired) electrons. The van der Waals surface area contributed by atoms with Crippen LogP contribution in [-0.2, 0) is 16.6 Å². The van der Waals surface area contributed by atoms with Crippen LogP contribution in [0.2, 0.25) is 0 Å². The van der Waals surface area contributed by atoms with Gasteiger partial charge in [0.25, 0.3) is 5.91 Å². The Hall–Kier alpha value is -3.06. The van der Waals surface area contributed by atoms with E-state index in [1.54, 1.807) is 0 Å². The second-order valence-electron chi connectivity index (χ2n) is 14.1. The number of carbonyl (C=O) groups excluding carboxylic acids is 2. The first-order valence-corrected chi connectivity index (χ1v) is 17.5. The first-order chi connectivity index (χ1) is 21.1. The number of benzene rings is 1. The van der Waals surface area contributed by atoms with Gasteiger partial charge < -0.3 is 10.2 Å². The predicted octanol–water partition coefficient (Wildman–Crippen LogP) is 8.26. The number of nitrogens with one attached hydrogen (secondary N) is 1. The van der Waals surface area contributed by atoms with Crippen molar-refractivity contribution >= 4 is 28.7 Å². The molecule has 1 atom stereocenters. The minimum Gasteiger partial charge on any atom is -0.369 e. The second-order valence-corrected chi connectivity index (χ2v) is 15.2. The fraction of sp³-hybridized carbons (Fsp3) is 0.568. The number of thiophene rings is 1. The molecule has 1 amide bonds. The van der Waals surface area contributed by atoms with Crippen LogP contribution < -0.4 is 10.2 Å². The van der Waals surface area contributed by atoms with E-state index in [2.05, 4.69) is 37.9 Å². The zero-order valence-electron chi connectivity index (χ0n) is 27.3. The third-order valence-corrected chi connectivity index (χ3v) is 11.3. The maximum absolute atomic E-state index is 12.9. The molecule has 0 spiro atoms. The average Bonchev–Trinajstić information content (AvgIpc) is 3.54. The number of anilines is 1. The SMILES string of the molecule is CCCC1CCC(C2CCN(c3cnc(-c4ccc(C[C@H](NC(=O)c5ccc(C(C)(C)C)s5)C(C)=O)cc4)nc3)CC2)CC1. The second kappa shape index (κ2) is 14.4. The number of rotatable bonds is 10. The quantitative estimate of drug-likeness (QED) is 0.249. The molecular formula is C37H50N4O2S. The summed E-state index contributed by atoms with van der Waals surface area (Å²) in [6.07, 6.45) is 15.4. The molecule has 2 aromatic heterocycles. The van der Waals surface area contributed by atoms with E-state index in [-0.39, 0.29) is 17.1 Å². The van der Waals surface area contributed by atoms with Crippen LogP contribution in [0.25, 0.3) is 11.4 Å². The Balaban J connectivity index is 1.13. The number of piperidine rings is 1. The van der Waals surface area contributed by atoms with E-state index in [1.807, 2.05) is 48.8 Å². The van der Waals surface area contributed by atoms with Gasteiger partial charge in [0.05, 0.1) is 29.0 Å². The van der Waals surface area contributed by atoms with E-state index in [0.717, 1.165) is 52.5 Å². The minimum atomic E-state index is -0.579.